The third-order valence-corrected chi connectivity index (χ3v) is 7.31. The second kappa shape index (κ2) is 10.1. The van der Waals surface area contributed by atoms with Gasteiger partial charge >= 0.3 is 0 Å². The van der Waals surface area contributed by atoms with E-state index in [0.717, 1.165) is 60.7 Å². The van der Waals surface area contributed by atoms with E-state index in [2.05, 4.69) is 26.2 Å². The molecule has 5 rings (SSSR count). The number of piperidine rings is 1. The Bertz CT molecular complexity index is 1160. The maximum Gasteiger partial charge on any atom is 0.257 e. The Morgan fingerprint density at radius 1 is 1.18 bits per heavy atom. The number of hydrogen-bond acceptors (Lipinski definition) is 9. The average Bonchev–Trinajstić information content (AvgIpc) is 3.32. The fourth-order valence-electron chi connectivity index (χ4n) is 4.48. The van der Waals surface area contributed by atoms with E-state index in [1.807, 2.05) is 12.1 Å². The first kappa shape index (κ1) is 22.8. The second-order valence-corrected chi connectivity index (χ2v) is 9.38. The maximum atomic E-state index is 13.1. The van der Waals surface area contributed by atoms with Gasteiger partial charge in [0.25, 0.3) is 5.91 Å². The quantitative estimate of drug-likeness (QED) is 0.571. The van der Waals surface area contributed by atoms with Crippen LogP contribution in [0.1, 0.15) is 23.2 Å². The van der Waals surface area contributed by atoms with Crippen LogP contribution in [-0.2, 0) is 9.47 Å². The molecule has 34 heavy (non-hydrogen) atoms. The van der Waals surface area contributed by atoms with Gasteiger partial charge in [-0.1, -0.05) is 11.3 Å². The lowest BCUT2D eigenvalue weighted by molar-refractivity contribution is 0.0891. The first-order valence-electron chi connectivity index (χ1n) is 11.5. The molecule has 0 saturated carbocycles. The lowest BCUT2D eigenvalue weighted by Gasteiger charge is -2.32. The van der Waals surface area contributed by atoms with Gasteiger partial charge in [0.05, 0.1) is 36.8 Å². The number of carbonyl (C=O) groups excluding carboxylic acids is 1. The van der Waals surface area contributed by atoms with E-state index in [1.54, 1.807) is 26.5 Å². The summed E-state index contributed by atoms with van der Waals surface area (Å²) in [5.41, 5.74) is 2.38. The summed E-state index contributed by atoms with van der Waals surface area (Å²) in [7, 11) is 3.37. The second-order valence-electron chi connectivity index (χ2n) is 8.39. The average molecular weight is 484 g/mol. The summed E-state index contributed by atoms with van der Waals surface area (Å²) in [4.78, 5) is 26.8. The Kier molecular flexibility index (Phi) is 6.80. The Morgan fingerprint density at radius 3 is 2.82 bits per heavy atom. The third-order valence-electron chi connectivity index (χ3n) is 6.32. The van der Waals surface area contributed by atoms with Crippen LogP contribution < -0.4 is 19.9 Å². The highest BCUT2D eigenvalue weighted by molar-refractivity contribution is 7.23. The number of fused-ring (bicyclic) bond motifs is 1. The number of benzene rings is 1. The van der Waals surface area contributed by atoms with Crippen molar-refractivity contribution in [3.63, 3.8) is 0 Å². The number of hydrogen-bond donors (Lipinski definition) is 1. The molecule has 1 atom stereocenters. The molecule has 3 aromatic rings. The van der Waals surface area contributed by atoms with Gasteiger partial charge in [-0.25, -0.2) is 9.97 Å². The number of thiazole rings is 1. The van der Waals surface area contributed by atoms with Gasteiger partial charge in [0, 0.05) is 45.0 Å². The molecule has 1 N–H and O–H groups in total. The summed E-state index contributed by atoms with van der Waals surface area (Å²) >= 11 is 1.46. The molecule has 0 spiro atoms. The molecule has 1 unspecified atom stereocenters. The fourth-order valence-corrected chi connectivity index (χ4v) is 5.50. The number of methoxy groups -OCH3 is 2. The van der Waals surface area contributed by atoms with Crippen LogP contribution in [0.5, 0.6) is 5.75 Å². The minimum atomic E-state index is -0.213. The van der Waals surface area contributed by atoms with Crippen LogP contribution in [0.3, 0.4) is 0 Å². The summed E-state index contributed by atoms with van der Waals surface area (Å²) in [5, 5.41) is 3.51. The van der Waals surface area contributed by atoms with Gasteiger partial charge < -0.3 is 24.0 Å². The molecule has 0 radical (unpaired) electrons. The summed E-state index contributed by atoms with van der Waals surface area (Å²) in [6.07, 6.45) is 3.95. The molecular weight excluding hydrogens is 454 g/mol. The van der Waals surface area contributed by atoms with Crippen molar-refractivity contribution in [3.8, 4) is 5.75 Å². The van der Waals surface area contributed by atoms with Crippen LogP contribution in [-0.4, -0.2) is 75.6 Å². The van der Waals surface area contributed by atoms with Crippen LogP contribution in [0.25, 0.3) is 10.2 Å². The van der Waals surface area contributed by atoms with Crippen LogP contribution in [0.4, 0.5) is 16.6 Å². The fraction of sp³-hybridized carbons (Fsp3) is 0.458. The molecule has 2 saturated heterocycles. The predicted octanol–water partition coefficient (Wildman–Crippen LogP) is 3.40. The third kappa shape index (κ3) is 4.66. The summed E-state index contributed by atoms with van der Waals surface area (Å²) in [5.74, 6) is 1.26. The molecule has 10 heteroatoms. The Hall–Kier alpha value is -2.95. The van der Waals surface area contributed by atoms with E-state index in [1.165, 1.54) is 11.3 Å². The minimum Gasteiger partial charge on any atom is -0.494 e. The largest absolute Gasteiger partial charge is 0.494 e. The first-order valence-corrected chi connectivity index (χ1v) is 12.3. The smallest absolute Gasteiger partial charge is 0.257 e. The number of carbonyl (C=O) groups is 1. The zero-order chi connectivity index (χ0) is 23.5. The van der Waals surface area contributed by atoms with Gasteiger partial charge in [-0.2, -0.15) is 0 Å². The Morgan fingerprint density at radius 2 is 2.03 bits per heavy atom. The number of rotatable bonds is 6. The van der Waals surface area contributed by atoms with Crippen molar-refractivity contribution in [2.45, 2.75) is 18.9 Å². The Balaban J connectivity index is 1.38. The molecule has 1 aromatic carbocycles. The molecular formula is C24H29N5O4S. The van der Waals surface area contributed by atoms with Crippen molar-refractivity contribution < 1.29 is 19.0 Å². The highest BCUT2D eigenvalue weighted by Crippen LogP contribution is 2.39. The molecule has 1 amide bonds. The maximum absolute atomic E-state index is 13.1. The van der Waals surface area contributed by atoms with Gasteiger partial charge in [0.1, 0.15) is 17.1 Å². The molecule has 9 nitrogen and oxygen atoms in total. The molecule has 2 fully saturated rings. The standard InChI is InChI=1S/C24H29N5O4S/c1-31-17-4-3-9-29(15-17)20-14-16(7-8-25-20)23(30)27-24-26-21-19(32-2)6-5-18(22(21)34-24)28-10-12-33-13-11-28/h5-8,14,17H,3-4,9-13,15H2,1-2H3,(H,26,27,30). The molecule has 4 heterocycles. The van der Waals surface area contributed by atoms with Gasteiger partial charge in [-0.3, -0.25) is 10.1 Å². The highest BCUT2D eigenvalue weighted by Gasteiger charge is 2.23. The number of aromatic nitrogens is 2. The van der Waals surface area contributed by atoms with Crippen LogP contribution in [0, 0.1) is 0 Å². The molecule has 0 bridgehead atoms. The van der Waals surface area contributed by atoms with E-state index in [0.29, 0.717) is 29.7 Å². The number of nitrogens with one attached hydrogen (secondary N) is 1. The van der Waals surface area contributed by atoms with E-state index in [4.69, 9.17) is 19.2 Å². The lowest BCUT2D eigenvalue weighted by Crippen LogP contribution is -2.39. The predicted molar refractivity (Wildman–Crippen MR) is 134 cm³/mol. The summed E-state index contributed by atoms with van der Waals surface area (Å²) < 4.78 is 17.6. The number of amides is 1. The van der Waals surface area contributed by atoms with Crippen LogP contribution in [0.15, 0.2) is 30.5 Å². The van der Waals surface area contributed by atoms with E-state index < -0.39 is 0 Å². The minimum absolute atomic E-state index is 0.187. The highest BCUT2D eigenvalue weighted by atomic mass is 32.1. The van der Waals surface area contributed by atoms with Crippen molar-refractivity contribution >= 4 is 44.1 Å². The number of anilines is 3. The lowest BCUT2D eigenvalue weighted by atomic mass is 10.1. The topological polar surface area (TPSA) is 89.1 Å². The van der Waals surface area contributed by atoms with Gasteiger partial charge in [0.2, 0.25) is 0 Å². The van der Waals surface area contributed by atoms with Crippen molar-refractivity contribution in [1.82, 2.24) is 9.97 Å². The molecule has 0 aliphatic carbocycles. The van der Waals surface area contributed by atoms with Crippen molar-refractivity contribution in [2.75, 3.05) is 68.7 Å². The van der Waals surface area contributed by atoms with Gasteiger partial charge in [-0.05, 0) is 37.1 Å². The molecule has 180 valence electrons. The number of ether oxygens (including phenoxy) is 3. The van der Waals surface area contributed by atoms with Crippen LogP contribution >= 0.6 is 11.3 Å². The summed E-state index contributed by atoms with van der Waals surface area (Å²) in [6.45, 7) is 4.71. The van der Waals surface area contributed by atoms with Crippen LogP contribution in [0.2, 0.25) is 0 Å². The molecule has 2 aliphatic rings. The number of nitrogens with zero attached hydrogens (tertiary/aromatic N) is 4. The SMILES string of the molecule is COc1ccc(N2CCOCC2)c2sc(NC(=O)c3ccnc(N4CCCC(OC)C4)c3)nc12. The zero-order valence-corrected chi connectivity index (χ0v) is 20.3. The number of morpholine rings is 1. The van der Waals surface area contributed by atoms with Gasteiger partial charge in [-0.15, -0.1) is 0 Å². The van der Waals surface area contributed by atoms with Crippen molar-refractivity contribution in [1.29, 1.82) is 0 Å². The zero-order valence-electron chi connectivity index (χ0n) is 19.5. The monoisotopic (exact) mass is 483 g/mol. The van der Waals surface area contributed by atoms with E-state index in [9.17, 15) is 4.79 Å². The number of pyridine rings is 1. The summed E-state index contributed by atoms with van der Waals surface area (Å²) in [6, 6.07) is 7.54. The molecule has 2 aliphatic heterocycles. The molecule has 2 aromatic heterocycles. The van der Waals surface area contributed by atoms with Gasteiger partial charge in [0.15, 0.2) is 5.13 Å². The first-order chi connectivity index (χ1) is 16.7. The normalized spacial score (nSPS) is 18.8. The van der Waals surface area contributed by atoms with Crippen molar-refractivity contribution in [2.24, 2.45) is 0 Å². The van der Waals surface area contributed by atoms with Crippen molar-refractivity contribution in [3.05, 3.63) is 36.0 Å². The van der Waals surface area contributed by atoms with E-state index in [-0.39, 0.29) is 12.0 Å². The Labute approximate surface area is 202 Å². The van der Waals surface area contributed by atoms with E-state index >= 15 is 0 Å².